The van der Waals surface area contributed by atoms with Gasteiger partial charge >= 0.3 is 0 Å². The second kappa shape index (κ2) is 7.31. The molecule has 2 heteroatoms. The highest BCUT2D eigenvalue weighted by atomic mass is 35.5. The molecule has 0 amide bonds. The largest absolute Gasteiger partial charge is 0.313 e. The standard InChI is InChI=1S/C17H26ClN/c1-13(2)6-5-7-14(12-19-15-10-11-15)16-8-3-4-9-17(16)18/h3-4,8-9,13-15,19H,5-7,10-12H2,1-2H3. The highest BCUT2D eigenvalue weighted by Gasteiger charge is 2.23. The quantitative estimate of drug-likeness (QED) is 0.706. The zero-order chi connectivity index (χ0) is 13.7. The number of halogens is 1. The minimum atomic E-state index is 0.563. The predicted octanol–water partition coefficient (Wildman–Crippen LogP) is 5.00. The molecular formula is C17H26ClN. The lowest BCUT2D eigenvalue weighted by atomic mass is 9.91. The minimum absolute atomic E-state index is 0.563. The first-order chi connectivity index (χ1) is 9.16. The highest BCUT2D eigenvalue weighted by Crippen LogP contribution is 2.30. The summed E-state index contributed by atoms with van der Waals surface area (Å²) in [4.78, 5) is 0. The maximum atomic E-state index is 6.36. The fraction of sp³-hybridized carbons (Fsp3) is 0.647. The van der Waals surface area contributed by atoms with Crippen LogP contribution in [-0.4, -0.2) is 12.6 Å². The summed E-state index contributed by atoms with van der Waals surface area (Å²) in [5.74, 6) is 1.36. The molecule has 1 aliphatic carbocycles. The summed E-state index contributed by atoms with van der Waals surface area (Å²) in [5, 5.41) is 4.59. The molecular weight excluding hydrogens is 254 g/mol. The van der Waals surface area contributed by atoms with Gasteiger partial charge in [-0.15, -0.1) is 0 Å². The Morgan fingerprint density at radius 2 is 1.95 bits per heavy atom. The van der Waals surface area contributed by atoms with E-state index >= 15 is 0 Å². The van der Waals surface area contributed by atoms with E-state index in [1.165, 1.54) is 37.7 Å². The predicted molar refractivity (Wildman–Crippen MR) is 83.9 cm³/mol. The van der Waals surface area contributed by atoms with Gasteiger partial charge in [0.15, 0.2) is 0 Å². The molecule has 1 aromatic carbocycles. The van der Waals surface area contributed by atoms with E-state index in [0.717, 1.165) is 23.5 Å². The van der Waals surface area contributed by atoms with E-state index in [1.807, 2.05) is 12.1 Å². The maximum absolute atomic E-state index is 6.36. The molecule has 1 aliphatic rings. The molecule has 0 heterocycles. The number of benzene rings is 1. The van der Waals surface area contributed by atoms with Crippen LogP contribution in [0.25, 0.3) is 0 Å². The Balaban J connectivity index is 1.93. The van der Waals surface area contributed by atoms with Gasteiger partial charge in [-0.3, -0.25) is 0 Å². The molecule has 0 saturated heterocycles. The zero-order valence-electron chi connectivity index (χ0n) is 12.2. The molecule has 0 aliphatic heterocycles. The Morgan fingerprint density at radius 1 is 1.21 bits per heavy atom. The summed E-state index contributed by atoms with van der Waals surface area (Å²) >= 11 is 6.36. The van der Waals surface area contributed by atoms with Crippen LogP contribution < -0.4 is 5.32 Å². The lowest BCUT2D eigenvalue weighted by Crippen LogP contribution is -2.23. The van der Waals surface area contributed by atoms with Crippen molar-refractivity contribution in [1.29, 1.82) is 0 Å². The van der Waals surface area contributed by atoms with Crippen LogP contribution in [0.3, 0.4) is 0 Å². The van der Waals surface area contributed by atoms with Gasteiger partial charge in [-0.05, 0) is 42.7 Å². The third kappa shape index (κ3) is 5.16. The van der Waals surface area contributed by atoms with Gasteiger partial charge < -0.3 is 5.32 Å². The second-order valence-electron chi connectivity index (χ2n) is 6.23. The molecule has 0 aromatic heterocycles. The molecule has 2 rings (SSSR count). The van der Waals surface area contributed by atoms with Crippen LogP contribution >= 0.6 is 11.6 Å². The van der Waals surface area contributed by atoms with E-state index in [1.54, 1.807) is 0 Å². The lowest BCUT2D eigenvalue weighted by molar-refractivity contribution is 0.479. The Labute approximate surface area is 122 Å². The number of hydrogen-bond acceptors (Lipinski definition) is 1. The van der Waals surface area contributed by atoms with Crippen LogP contribution in [0.5, 0.6) is 0 Å². The average molecular weight is 280 g/mol. The van der Waals surface area contributed by atoms with Gasteiger partial charge in [0.05, 0.1) is 0 Å². The van der Waals surface area contributed by atoms with Crippen molar-refractivity contribution in [3.8, 4) is 0 Å². The summed E-state index contributed by atoms with van der Waals surface area (Å²) in [6.45, 7) is 5.67. The van der Waals surface area contributed by atoms with Crippen LogP contribution in [-0.2, 0) is 0 Å². The van der Waals surface area contributed by atoms with Crippen molar-refractivity contribution in [2.24, 2.45) is 5.92 Å². The van der Waals surface area contributed by atoms with Crippen LogP contribution in [0.15, 0.2) is 24.3 Å². The molecule has 1 fully saturated rings. The molecule has 1 unspecified atom stereocenters. The fourth-order valence-electron chi connectivity index (χ4n) is 2.54. The molecule has 0 bridgehead atoms. The van der Waals surface area contributed by atoms with E-state index in [9.17, 15) is 0 Å². The summed E-state index contributed by atoms with van der Waals surface area (Å²) < 4.78 is 0. The van der Waals surface area contributed by atoms with Crippen molar-refractivity contribution in [1.82, 2.24) is 5.32 Å². The Kier molecular flexibility index (Phi) is 5.72. The normalized spacial score (nSPS) is 16.8. The molecule has 1 N–H and O–H groups in total. The van der Waals surface area contributed by atoms with E-state index in [4.69, 9.17) is 11.6 Å². The first-order valence-electron chi connectivity index (χ1n) is 7.64. The molecule has 0 spiro atoms. The highest BCUT2D eigenvalue weighted by molar-refractivity contribution is 6.31. The minimum Gasteiger partial charge on any atom is -0.313 e. The molecule has 1 aromatic rings. The monoisotopic (exact) mass is 279 g/mol. The Hall–Kier alpha value is -0.530. The summed E-state index contributed by atoms with van der Waals surface area (Å²) in [5.41, 5.74) is 1.32. The Morgan fingerprint density at radius 3 is 2.58 bits per heavy atom. The first-order valence-corrected chi connectivity index (χ1v) is 8.02. The lowest BCUT2D eigenvalue weighted by Gasteiger charge is -2.20. The van der Waals surface area contributed by atoms with Gasteiger partial charge in [0, 0.05) is 17.6 Å². The third-order valence-electron chi connectivity index (χ3n) is 3.91. The van der Waals surface area contributed by atoms with Crippen LogP contribution in [0.2, 0.25) is 5.02 Å². The van der Waals surface area contributed by atoms with Crippen LogP contribution in [0, 0.1) is 5.92 Å². The summed E-state index contributed by atoms with van der Waals surface area (Å²) in [6.07, 6.45) is 6.54. The van der Waals surface area contributed by atoms with Gasteiger partial charge in [0.1, 0.15) is 0 Å². The van der Waals surface area contributed by atoms with Crippen molar-refractivity contribution in [2.45, 2.75) is 57.9 Å². The SMILES string of the molecule is CC(C)CCCC(CNC1CC1)c1ccccc1Cl. The van der Waals surface area contributed by atoms with Gasteiger partial charge in [-0.2, -0.15) is 0 Å². The number of hydrogen-bond donors (Lipinski definition) is 1. The fourth-order valence-corrected chi connectivity index (χ4v) is 2.83. The van der Waals surface area contributed by atoms with Crippen LogP contribution in [0.1, 0.15) is 57.4 Å². The second-order valence-corrected chi connectivity index (χ2v) is 6.63. The van der Waals surface area contributed by atoms with Crippen molar-refractivity contribution < 1.29 is 0 Å². The van der Waals surface area contributed by atoms with Crippen molar-refractivity contribution in [2.75, 3.05) is 6.54 Å². The molecule has 19 heavy (non-hydrogen) atoms. The molecule has 1 nitrogen and oxygen atoms in total. The third-order valence-corrected chi connectivity index (χ3v) is 4.25. The maximum Gasteiger partial charge on any atom is 0.0441 e. The summed E-state index contributed by atoms with van der Waals surface area (Å²) in [7, 11) is 0. The van der Waals surface area contributed by atoms with Crippen molar-refractivity contribution in [3.63, 3.8) is 0 Å². The molecule has 1 saturated carbocycles. The molecule has 1 atom stereocenters. The average Bonchev–Trinajstić information content (AvgIpc) is 3.18. The van der Waals surface area contributed by atoms with Crippen molar-refractivity contribution >= 4 is 11.6 Å². The number of rotatable bonds is 8. The van der Waals surface area contributed by atoms with Crippen molar-refractivity contribution in [3.05, 3.63) is 34.9 Å². The van der Waals surface area contributed by atoms with Gasteiger partial charge in [0.2, 0.25) is 0 Å². The smallest absolute Gasteiger partial charge is 0.0441 e. The van der Waals surface area contributed by atoms with E-state index < -0.39 is 0 Å². The van der Waals surface area contributed by atoms with Gasteiger partial charge in [-0.1, -0.05) is 56.5 Å². The van der Waals surface area contributed by atoms with Gasteiger partial charge in [-0.25, -0.2) is 0 Å². The Bertz CT molecular complexity index is 385. The zero-order valence-corrected chi connectivity index (χ0v) is 12.9. The van der Waals surface area contributed by atoms with Gasteiger partial charge in [0.25, 0.3) is 0 Å². The van der Waals surface area contributed by atoms with E-state index in [-0.39, 0.29) is 0 Å². The summed E-state index contributed by atoms with van der Waals surface area (Å²) in [6, 6.07) is 9.11. The topological polar surface area (TPSA) is 12.0 Å². The van der Waals surface area contributed by atoms with Crippen LogP contribution in [0.4, 0.5) is 0 Å². The first kappa shape index (κ1) is 14.9. The van der Waals surface area contributed by atoms with E-state index in [2.05, 4.69) is 31.3 Å². The molecule has 106 valence electrons. The molecule has 0 radical (unpaired) electrons. The van der Waals surface area contributed by atoms with E-state index in [0.29, 0.717) is 5.92 Å². The number of nitrogens with one attached hydrogen (secondary N) is 1.